The van der Waals surface area contributed by atoms with Gasteiger partial charge in [-0.3, -0.25) is 25.0 Å². The number of aryl methyl sites for hydroxylation is 1. The van der Waals surface area contributed by atoms with Crippen molar-refractivity contribution in [2.45, 2.75) is 39.2 Å². The molecule has 154 valence electrons. The Labute approximate surface area is 170 Å². The quantitative estimate of drug-likeness (QED) is 0.484. The molecule has 11 heteroatoms. The summed E-state index contributed by atoms with van der Waals surface area (Å²) in [4.78, 5) is 37.9. The van der Waals surface area contributed by atoms with Crippen molar-refractivity contribution >= 4 is 34.0 Å². The zero-order chi connectivity index (χ0) is 21.6. The third-order valence-electron chi connectivity index (χ3n) is 5.18. The van der Waals surface area contributed by atoms with Crippen molar-refractivity contribution in [3.63, 3.8) is 0 Å². The van der Waals surface area contributed by atoms with Gasteiger partial charge in [-0.05, 0) is 44.2 Å². The number of fused-ring (bicyclic) bond motifs is 1. The van der Waals surface area contributed by atoms with E-state index in [4.69, 9.17) is 0 Å². The van der Waals surface area contributed by atoms with E-state index in [0.717, 1.165) is 36.1 Å². The van der Waals surface area contributed by atoms with Crippen LogP contribution in [0.5, 0.6) is 0 Å². The first-order valence-corrected chi connectivity index (χ1v) is 9.31. The molecule has 0 bridgehead atoms. The fourth-order valence-corrected chi connectivity index (χ4v) is 3.63. The van der Waals surface area contributed by atoms with E-state index in [-0.39, 0.29) is 17.8 Å². The maximum atomic E-state index is 12.6. The third kappa shape index (κ3) is 3.45. The highest BCUT2D eigenvalue weighted by molar-refractivity contribution is 5.93. The van der Waals surface area contributed by atoms with Gasteiger partial charge in [0.25, 0.3) is 11.4 Å². The Morgan fingerprint density at radius 1 is 1.20 bits per heavy atom. The molecule has 4 rings (SSSR count). The average Bonchev–Trinajstić information content (AvgIpc) is 3.48. The predicted octanol–water partition coefficient (Wildman–Crippen LogP) is 3.38. The van der Waals surface area contributed by atoms with E-state index in [9.17, 15) is 25.0 Å². The summed E-state index contributed by atoms with van der Waals surface area (Å²) in [6.07, 6.45) is 3.93. The molecule has 0 aliphatic heterocycles. The van der Waals surface area contributed by atoms with Gasteiger partial charge in [0.05, 0.1) is 21.2 Å². The van der Waals surface area contributed by atoms with E-state index in [1.165, 1.54) is 17.2 Å². The molecule has 3 aromatic rings. The smallest absolute Gasteiger partial charge is 0.281 e. The molecule has 0 unspecified atom stereocenters. The normalized spacial score (nSPS) is 13.4. The number of carbonyl (C=O) groups excluding carboxylic acids is 1. The van der Waals surface area contributed by atoms with E-state index >= 15 is 0 Å². The maximum absolute atomic E-state index is 12.6. The van der Waals surface area contributed by atoms with Crippen LogP contribution >= 0.6 is 0 Å². The number of carbonyl (C=O) groups is 1. The minimum atomic E-state index is -0.717. The fourth-order valence-electron chi connectivity index (χ4n) is 3.63. The number of nitro benzene ring substituents is 2. The number of benzene rings is 1. The van der Waals surface area contributed by atoms with Crippen molar-refractivity contribution in [2.75, 3.05) is 5.32 Å². The van der Waals surface area contributed by atoms with E-state index in [2.05, 4.69) is 15.4 Å². The number of amides is 1. The van der Waals surface area contributed by atoms with Crippen LogP contribution in [0.1, 0.15) is 35.6 Å². The van der Waals surface area contributed by atoms with Crippen molar-refractivity contribution in [1.29, 1.82) is 0 Å². The SMILES string of the molecule is Cc1c([N+](=O)[O-])cc(NC(=O)Cn2nc(C)c3c(C4CC4)ccnc32)cc1[N+](=O)[O-]. The topological polar surface area (TPSA) is 146 Å². The molecule has 0 saturated heterocycles. The van der Waals surface area contributed by atoms with Gasteiger partial charge in [0.2, 0.25) is 5.91 Å². The second-order valence-electron chi connectivity index (χ2n) is 7.32. The van der Waals surface area contributed by atoms with Gasteiger partial charge in [0, 0.05) is 23.7 Å². The molecule has 1 aromatic carbocycles. The molecule has 2 heterocycles. The number of anilines is 1. The van der Waals surface area contributed by atoms with Crippen LogP contribution in [-0.4, -0.2) is 30.5 Å². The monoisotopic (exact) mass is 410 g/mol. The Hall–Kier alpha value is -3.89. The number of hydrogen-bond acceptors (Lipinski definition) is 7. The minimum absolute atomic E-state index is 0.0242. The summed E-state index contributed by atoms with van der Waals surface area (Å²) >= 11 is 0. The lowest BCUT2D eigenvalue weighted by atomic mass is 10.1. The number of nitrogens with zero attached hydrogens (tertiary/aromatic N) is 5. The molecule has 1 aliphatic carbocycles. The molecule has 1 aliphatic rings. The molecule has 1 fully saturated rings. The largest absolute Gasteiger partial charge is 0.324 e. The summed E-state index contributed by atoms with van der Waals surface area (Å²) in [5.41, 5.74) is 1.57. The average molecular weight is 410 g/mol. The van der Waals surface area contributed by atoms with Crippen LogP contribution in [0.2, 0.25) is 0 Å². The Balaban J connectivity index is 1.62. The number of aromatic nitrogens is 3. The van der Waals surface area contributed by atoms with Crippen molar-refractivity contribution in [1.82, 2.24) is 14.8 Å². The summed E-state index contributed by atoms with van der Waals surface area (Å²) in [6, 6.07) is 4.19. The zero-order valence-corrected chi connectivity index (χ0v) is 16.3. The standard InChI is InChI=1S/C19H18N6O5/c1-10-15(24(27)28)7-13(8-16(10)25(29)30)21-17(26)9-23-19-18(11(2)22-23)14(5-6-20-19)12-3-4-12/h5-8,12H,3-4,9H2,1-2H3,(H,21,26). The van der Waals surface area contributed by atoms with Crippen molar-refractivity contribution in [3.05, 3.63) is 61.4 Å². The summed E-state index contributed by atoms with van der Waals surface area (Å²) in [7, 11) is 0. The van der Waals surface area contributed by atoms with Gasteiger partial charge in [-0.25, -0.2) is 9.67 Å². The van der Waals surface area contributed by atoms with Crippen LogP contribution in [0.4, 0.5) is 17.1 Å². The predicted molar refractivity (Wildman–Crippen MR) is 107 cm³/mol. The number of rotatable bonds is 6. The molecule has 0 spiro atoms. The Morgan fingerprint density at radius 3 is 2.40 bits per heavy atom. The highest BCUT2D eigenvalue weighted by Crippen LogP contribution is 2.43. The number of nitrogens with one attached hydrogen (secondary N) is 1. The van der Waals surface area contributed by atoms with Gasteiger partial charge in [-0.2, -0.15) is 5.10 Å². The van der Waals surface area contributed by atoms with E-state index < -0.39 is 27.1 Å². The first-order valence-electron chi connectivity index (χ1n) is 9.31. The van der Waals surface area contributed by atoms with Gasteiger partial charge in [0.1, 0.15) is 12.1 Å². The second kappa shape index (κ2) is 7.17. The lowest BCUT2D eigenvalue weighted by Gasteiger charge is -2.08. The van der Waals surface area contributed by atoms with E-state index in [0.29, 0.717) is 11.6 Å². The Morgan fingerprint density at radius 2 is 1.83 bits per heavy atom. The van der Waals surface area contributed by atoms with Crippen LogP contribution in [0, 0.1) is 34.1 Å². The molecule has 11 nitrogen and oxygen atoms in total. The highest BCUT2D eigenvalue weighted by atomic mass is 16.6. The fraction of sp³-hybridized carbons (Fsp3) is 0.316. The number of pyridine rings is 1. The second-order valence-corrected chi connectivity index (χ2v) is 7.32. The van der Waals surface area contributed by atoms with Crippen LogP contribution in [-0.2, 0) is 11.3 Å². The van der Waals surface area contributed by atoms with Crippen LogP contribution in [0.3, 0.4) is 0 Å². The molecule has 2 aromatic heterocycles. The first-order chi connectivity index (χ1) is 14.3. The molecule has 0 radical (unpaired) electrons. The molecule has 30 heavy (non-hydrogen) atoms. The van der Waals surface area contributed by atoms with Gasteiger partial charge in [-0.15, -0.1) is 0 Å². The first kappa shape index (κ1) is 19.4. The third-order valence-corrected chi connectivity index (χ3v) is 5.18. The van der Waals surface area contributed by atoms with Crippen molar-refractivity contribution < 1.29 is 14.6 Å². The summed E-state index contributed by atoms with van der Waals surface area (Å²) in [5, 5.41) is 30.3. The lowest BCUT2D eigenvalue weighted by molar-refractivity contribution is -0.395. The number of hydrogen-bond donors (Lipinski definition) is 1. The number of nitro groups is 2. The molecular formula is C19H18N6O5. The van der Waals surface area contributed by atoms with Gasteiger partial charge >= 0.3 is 0 Å². The zero-order valence-electron chi connectivity index (χ0n) is 16.3. The molecule has 1 N–H and O–H groups in total. The van der Waals surface area contributed by atoms with Crippen LogP contribution < -0.4 is 5.32 Å². The Bertz CT molecular complexity index is 1180. The van der Waals surface area contributed by atoms with Crippen molar-refractivity contribution in [3.8, 4) is 0 Å². The minimum Gasteiger partial charge on any atom is -0.324 e. The highest BCUT2D eigenvalue weighted by Gasteiger charge is 2.28. The summed E-state index contributed by atoms with van der Waals surface area (Å²) in [5.74, 6) is -0.0280. The van der Waals surface area contributed by atoms with Gasteiger partial charge in [0.15, 0.2) is 5.65 Å². The lowest BCUT2D eigenvalue weighted by Crippen LogP contribution is -2.20. The molecule has 1 amide bonds. The molecule has 0 atom stereocenters. The summed E-state index contributed by atoms with van der Waals surface area (Å²) in [6.45, 7) is 2.97. The van der Waals surface area contributed by atoms with Crippen molar-refractivity contribution in [2.24, 2.45) is 0 Å². The van der Waals surface area contributed by atoms with Gasteiger partial charge in [-0.1, -0.05) is 0 Å². The Kier molecular flexibility index (Phi) is 4.65. The van der Waals surface area contributed by atoms with Gasteiger partial charge < -0.3 is 5.32 Å². The maximum Gasteiger partial charge on any atom is 0.281 e. The van der Waals surface area contributed by atoms with Crippen LogP contribution in [0.15, 0.2) is 24.4 Å². The van der Waals surface area contributed by atoms with Crippen LogP contribution in [0.25, 0.3) is 11.0 Å². The van der Waals surface area contributed by atoms with E-state index in [1.54, 1.807) is 6.20 Å². The van der Waals surface area contributed by atoms with E-state index in [1.807, 2.05) is 13.0 Å². The molecule has 1 saturated carbocycles. The molecular weight excluding hydrogens is 392 g/mol. The summed E-state index contributed by atoms with van der Waals surface area (Å²) < 4.78 is 1.48.